The van der Waals surface area contributed by atoms with E-state index in [9.17, 15) is 4.79 Å². The number of anilines is 2. The summed E-state index contributed by atoms with van der Waals surface area (Å²) < 4.78 is 0.639. The smallest absolute Gasteiger partial charge is 0.245 e. The molecule has 5 heteroatoms. The largest absolute Gasteiger partial charge is 0.378 e. The molecule has 1 saturated heterocycles. The molecule has 0 aliphatic carbocycles. The lowest BCUT2D eigenvalue weighted by Crippen LogP contribution is -2.30. The zero-order valence-electron chi connectivity index (χ0n) is 10.0. The van der Waals surface area contributed by atoms with E-state index in [0.29, 0.717) is 4.32 Å². The van der Waals surface area contributed by atoms with E-state index in [-0.39, 0.29) is 11.2 Å². The molecule has 1 aromatic carbocycles. The minimum Gasteiger partial charge on any atom is -0.378 e. The quantitative estimate of drug-likeness (QED) is 0.767. The number of benzene rings is 1. The maximum absolute atomic E-state index is 11.9. The Morgan fingerprint density at radius 2 is 1.88 bits per heavy atom. The lowest BCUT2D eigenvalue weighted by atomic mass is 10.2. The Labute approximate surface area is 111 Å². The van der Waals surface area contributed by atoms with E-state index in [4.69, 9.17) is 12.2 Å². The average molecular weight is 266 g/mol. The van der Waals surface area contributed by atoms with E-state index in [1.165, 1.54) is 11.8 Å². The number of amides is 1. The minimum absolute atomic E-state index is 0.0672. The highest BCUT2D eigenvalue weighted by Gasteiger charge is 2.34. The predicted molar refractivity (Wildman–Crippen MR) is 77.9 cm³/mol. The Hall–Kier alpha value is -1.07. The first kappa shape index (κ1) is 12.4. The first-order valence-electron chi connectivity index (χ1n) is 5.32. The third kappa shape index (κ3) is 2.30. The van der Waals surface area contributed by atoms with Crippen LogP contribution in [-0.4, -0.2) is 29.6 Å². The van der Waals surface area contributed by atoms with E-state index in [0.717, 1.165) is 11.4 Å². The normalized spacial score (nSPS) is 19.9. The lowest BCUT2D eigenvalue weighted by Gasteiger charge is -2.17. The molecule has 0 spiro atoms. The van der Waals surface area contributed by atoms with Gasteiger partial charge in [-0.05, 0) is 31.2 Å². The van der Waals surface area contributed by atoms with Crippen molar-refractivity contribution in [3.63, 3.8) is 0 Å². The highest BCUT2D eigenvalue weighted by Crippen LogP contribution is 2.32. The first-order chi connectivity index (χ1) is 8.00. The van der Waals surface area contributed by atoms with Crippen molar-refractivity contribution in [1.29, 1.82) is 0 Å². The Kier molecular flexibility index (Phi) is 3.40. The van der Waals surface area contributed by atoms with Crippen LogP contribution in [0.5, 0.6) is 0 Å². The number of hydrogen-bond acceptors (Lipinski definition) is 4. The Morgan fingerprint density at radius 3 is 2.29 bits per heavy atom. The van der Waals surface area contributed by atoms with Crippen LogP contribution in [0.3, 0.4) is 0 Å². The molecule has 2 rings (SSSR count). The summed E-state index contributed by atoms with van der Waals surface area (Å²) in [7, 11) is 3.97. The third-order valence-electron chi connectivity index (χ3n) is 2.65. The van der Waals surface area contributed by atoms with Crippen LogP contribution in [0.25, 0.3) is 0 Å². The van der Waals surface area contributed by atoms with E-state index < -0.39 is 0 Å². The SMILES string of the molecule is C[C@@H]1SC(=S)N(c2ccc(N(C)C)cc2)C1=O. The summed E-state index contributed by atoms with van der Waals surface area (Å²) in [6.45, 7) is 1.88. The Bertz CT molecular complexity index is 456. The minimum atomic E-state index is -0.0731. The summed E-state index contributed by atoms with van der Waals surface area (Å²) >= 11 is 6.66. The van der Waals surface area contributed by atoms with Gasteiger partial charge in [-0.1, -0.05) is 24.0 Å². The van der Waals surface area contributed by atoms with Crippen molar-refractivity contribution in [3.8, 4) is 0 Å². The molecule has 1 aliphatic heterocycles. The molecule has 1 aromatic rings. The summed E-state index contributed by atoms with van der Waals surface area (Å²) in [6.07, 6.45) is 0. The van der Waals surface area contributed by atoms with Gasteiger partial charge in [-0.25, -0.2) is 0 Å². The molecule has 0 N–H and O–H groups in total. The van der Waals surface area contributed by atoms with Gasteiger partial charge >= 0.3 is 0 Å². The molecular formula is C12H14N2OS2. The molecule has 3 nitrogen and oxygen atoms in total. The molecular weight excluding hydrogens is 252 g/mol. The van der Waals surface area contributed by atoms with E-state index in [1.807, 2.05) is 50.2 Å². The third-order valence-corrected chi connectivity index (χ3v) is 4.06. The fourth-order valence-electron chi connectivity index (χ4n) is 1.66. The van der Waals surface area contributed by atoms with Crippen LogP contribution in [0.4, 0.5) is 11.4 Å². The van der Waals surface area contributed by atoms with Crippen LogP contribution in [0.15, 0.2) is 24.3 Å². The van der Waals surface area contributed by atoms with Crippen molar-refractivity contribution in [2.45, 2.75) is 12.2 Å². The molecule has 0 radical (unpaired) electrons. The average Bonchev–Trinajstić information content (AvgIpc) is 2.53. The van der Waals surface area contributed by atoms with Crippen molar-refractivity contribution in [1.82, 2.24) is 0 Å². The molecule has 1 fully saturated rings. The van der Waals surface area contributed by atoms with E-state index >= 15 is 0 Å². The van der Waals surface area contributed by atoms with Gasteiger partial charge in [-0.2, -0.15) is 0 Å². The zero-order chi connectivity index (χ0) is 12.6. The number of carbonyl (C=O) groups excluding carboxylic acids is 1. The topological polar surface area (TPSA) is 23.6 Å². The van der Waals surface area contributed by atoms with Gasteiger partial charge < -0.3 is 4.90 Å². The summed E-state index contributed by atoms with van der Waals surface area (Å²) in [5, 5.41) is -0.0731. The Morgan fingerprint density at radius 1 is 1.29 bits per heavy atom. The maximum Gasteiger partial charge on any atom is 0.245 e. The fraction of sp³-hybridized carbons (Fsp3) is 0.333. The molecule has 1 amide bonds. The number of thiocarbonyl (C=S) groups is 1. The summed E-state index contributed by atoms with van der Waals surface area (Å²) in [4.78, 5) is 15.6. The van der Waals surface area contributed by atoms with Gasteiger partial charge in [0.05, 0.1) is 10.9 Å². The second-order valence-electron chi connectivity index (χ2n) is 4.11. The number of carbonyl (C=O) groups is 1. The van der Waals surface area contributed by atoms with Gasteiger partial charge in [0.25, 0.3) is 0 Å². The van der Waals surface area contributed by atoms with Crippen LogP contribution < -0.4 is 9.80 Å². The zero-order valence-corrected chi connectivity index (χ0v) is 11.6. The second-order valence-corrected chi connectivity index (χ2v) is 6.09. The van der Waals surface area contributed by atoms with Crippen LogP contribution >= 0.6 is 24.0 Å². The van der Waals surface area contributed by atoms with Crippen LogP contribution in [0.1, 0.15) is 6.92 Å². The van der Waals surface area contributed by atoms with E-state index in [2.05, 4.69) is 0 Å². The van der Waals surface area contributed by atoms with Crippen molar-refractivity contribution in [2.24, 2.45) is 0 Å². The summed E-state index contributed by atoms with van der Waals surface area (Å²) in [5.74, 6) is 0.0672. The molecule has 17 heavy (non-hydrogen) atoms. The monoisotopic (exact) mass is 266 g/mol. The molecule has 90 valence electrons. The van der Waals surface area contributed by atoms with Gasteiger partial charge in [0, 0.05) is 19.8 Å². The number of nitrogens with zero attached hydrogens (tertiary/aromatic N) is 2. The molecule has 0 saturated carbocycles. The lowest BCUT2D eigenvalue weighted by molar-refractivity contribution is -0.116. The van der Waals surface area contributed by atoms with Crippen LogP contribution in [-0.2, 0) is 4.79 Å². The molecule has 0 unspecified atom stereocenters. The summed E-state index contributed by atoms with van der Waals surface area (Å²) in [6, 6.07) is 7.83. The molecule has 0 aromatic heterocycles. The van der Waals surface area contributed by atoms with Crippen molar-refractivity contribution in [2.75, 3.05) is 23.9 Å². The number of thioether (sulfide) groups is 1. The highest BCUT2D eigenvalue weighted by molar-refractivity contribution is 8.25. The van der Waals surface area contributed by atoms with Crippen LogP contribution in [0, 0.1) is 0 Å². The molecule has 1 heterocycles. The first-order valence-corrected chi connectivity index (χ1v) is 6.61. The maximum atomic E-state index is 11.9. The highest BCUT2D eigenvalue weighted by atomic mass is 32.2. The molecule has 0 bridgehead atoms. The second kappa shape index (κ2) is 4.66. The predicted octanol–water partition coefficient (Wildman–Crippen LogP) is 2.51. The van der Waals surface area contributed by atoms with Crippen LogP contribution in [0.2, 0.25) is 0 Å². The van der Waals surface area contributed by atoms with Crippen molar-refractivity contribution >= 4 is 45.6 Å². The van der Waals surface area contributed by atoms with E-state index in [1.54, 1.807) is 4.90 Å². The number of rotatable bonds is 2. The van der Waals surface area contributed by atoms with Gasteiger partial charge in [0.1, 0.15) is 4.32 Å². The molecule has 1 aliphatic rings. The summed E-state index contributed by atoms with van der Waals surface area (Å²) in [5.41, 5.74) is 1.95. The Balaban J connectivity index is 2.29. The van der Waals surface area contributed by atoms with Crippen molar-refractivity contribution < 1.29 is 4.79 Å². The van der Waals surface area contributed by atoms with Gasteiger partial charge in [0.2, 0.25) is 5.91 Å². The molecule has 1 atom stereocenters. The van der Waals surface area contributed by atoms with Gasteiger partial charge in [-0.15, -0.1) is 0 Å². The van der Waals surface area contributed by atoms with Gasteiger partial charge in [0.15, 0.2) is 0 Å². The van der Waals surface area contributed by atoms with Crippen molar-refractivity contribution in [3.05, 3.63) is 24.3 Å². The standard InChI is InChI=1S/C12H14N2OS2/c1-8-11(15)14(12(16)17-8)10-6-4-9(5-7-10)13(2)3/h4-8H,1-3H3/t8-/m0/s1. The number of hydrogen-bond donors (Lipinski definition) is 0. The van der Waals surface area contributed by atoms with Gasteiger partial charge in [-0.3, -0.25) is 9.69 Å². The fourth-order valence-corrected chi connectivity index (χ4v) is 3.10.